The number of carboxylic acid groups (broad SMARTS) is 1. The van der Waals surface area contributed by atoms with Gasteiger partial charge in [0.05, 0.1) is 0 Å². The number of rotatable bonds is 6. The van der Waals surface area contributed by atoms with Crippen molar-refractivity contribution in [1.29, 1.82) is 0 Å². The predicted octanol–water partition coefficient (Wildman–Crippen LogP) is 2.01. The van der Waals surface area contributed by atoms with Gasteiger partial charge in [0, 0.05) is 18.4 Å². The van der Waals surface area contributed by atoms with Gasteiger partial charge in [0.2, 0.25) is 6.10 Å². The summed E-state index contributed by atoms with van der Waals surface area (Å²) in [5, 5.41) is 21.0. The van der Waals surface area contributed by atoms with Gasteiger partial charge < -0.3 is 19.8 Å². The molecule has 2 aliphatic rings. The number of aliphatic hydroxyl groups is 1. The Morgan fingerprint density at radius 2 is 1.85 bits per heavy atom. The Hall–Kier alpha value is -1.92. The minimum atomic E-state index is -1.80. The Morgan fingerprint density at radius 3 is 2.38 bits per heavy atom. The molecule has 2 fully saturated rings. The number of carbonyl (C=O) groups excluding carboxylic acids is 1. The van der Waals surface area contributed by atoms with Crippen LogP contribution in [0.2, 0.25) is 0 Å². The minimum Gasteiger partial charge on any atom is -0.478 e. The van der Waals surface area contributed by atoms with E-state index in [1.165, 1.54) is 0 Å². The first-order valence-electron chi connectivity index (χ1n) is 9.33. The van der Waals surface area contributed by atoms with Gasteiger partial charge in [0.15, 0.2) is 5.60 Å². The third-order valence-electron chi connectivity index (χ3n) is 5.80. The number of carbonyl (C=O) groups is 2. The molecule has 1 aliphatic heterocycles. The van der Waals surface area contributed by atoms with Gasteiger partial charge in [0.25, 0.3) is 0 Å². The molecule has 6 heteroatoms. The number of nitrogens with zero attached hydrogens (tertiary/aromatic N) is 1. The fourth-order valence-electron chi connectivity index (χ4n) is 4.33. The van der Waals surface area contributed by atoms with Crippen molar-refractivity contribution in [1.82, 2.24) is 4.90 Å². The topological polar surface area (TPSA) is 87.1 Å². The molecule has 0 amide bonds. The zero-order chi connectivity index (χ0) is 18.7. The van der Waals surface area contributed by atoms with Gasteiger partial charge in [0.1, 0.15) is 0 Å². The number of carboxylic acids is 1. The van der Waals surface area contributed by atoms with Crippen molar-refractivity contribution in [2.24, 2.45) is 11.8 Å². The monoisotopic (exact) mass is 361 g/mol. The maximum atomic E-state index is 13.1. The van der Waals surface area contributed by atoms with Crippen LogP contribution in [0.15, 0.2) is 30.3 Å². The molecule has 2 N–H and O–H groups in total. The van der Waals surface area contributed by atoms with Crippen molar-refractivity contribution < 1.29 is 24.5 Å². The number of benzene rings is 1. The van der Waals surface area contributed by atoms with E-state index in [0.29, 0.717) is 18.5 Å². The lowest BCUT2D eigenvalue weighted by atomic mass is 9.80. The second-order valence-corrected chi connectivity index (χ2v) is 7.59. The number of hydrogen-bond donors (Lipinski definition) is 2. The smallest absolute Gasteiger partial charge is 0.345 e. The Kier molecular flexibility index (Phi) is 5.63. The van der Waals surface area contributed by atoms with Crippen LogP contribution in [0, 0.1) is 11.8 Å². The average molecular weight is 361 g/mol. The van der Waals surface area contributed by atoms with E-state index in [1.807, 2.05) is 18.0 Å². The Balaban J connectivity index is 1.86. The van der Waals surface area contributed by atoms with Gasteiger partial charge >= 0.3 is 11.9 Å². The van der Waals surface area contributed by atoms with E-state index in [2.05, 4.69) is 0 Å². The summed E-state index contributed by atoms with van der Waals surface area (Å²) in [6, 6.07) is 8.77. The number of aliphatic carboxylic acids is 1. The highest BCUT2D eigenvalue weighted by Crippen LogP contribution is 2.42. The second-order valence-electron chi connectivity index (χ2n) is 7.59. The van der Waals surface area contributed by atoms with Crippen LogP contribution in [0.5, 0.6) is 0 Å². The van der Waals surface area contributed by atoms with Crippen LogP contribution >= 0.6 is 0 Å². The first kappa shape index (κ1) is 18.9. The highest BCUT2D eigenvalue weighted by Gasteiger charge is 2.50. The van der Waals surface area contributed by atoms with Crippen LogP contribution in [-0.4, -0.2) is 53.3 Å². The first-order chi connectivity index (χ1) is 12.4. The van der Waals surface area contributed by atoms with Gasteiger partial charge in [-0.1, -0.05) is 43.2 Å². The van der Waals surface area contributed by atoms with Gasteiger partial charge in [-0.2, -0.15) is 0 Å². The molecule has 1 heterocycles. The van der Waals surface area contributed by atoms with Crippen LogP contribution < -0.4 is 0 Å². The molecule has 1 saturated carbocycles. The molecule has 0 bridgehead atoms. The molecule has 3 atom stereocenters. The molecule has 0 spiro atoms. The summed E-state index contributed by atoms with van der Waals surface area (Å²) in [5.41, 5.74) is -1.32. The minimum absolute atomic E-state index is 0.252. The molecule has 3 unspecified atom stereocenters. The number of hydrogen-bond acceptors (Lipinski definition) is 5. The lowest BCUT2D eigenvalue weighted by molar-refractivity contribution is -0.188. The van der Waals surface area contributed by atoms with E-state index in [9.17, 15) is 19.8 Å². The van der Waals surface area contributed by atoms with Crippen LogP contribution in [0.1, 0.15) is 37.7 Å². The number of ether oxygens (including phenoxy) is 1. The van der Waals surface area contributed by atoms with Crippen molar-refractivity contribution in [3.05, 3.63) is 35.9 Å². The summed E-state index contributed by atoms with van der Waals surface area (Å²) in [6.45, 7) is 1.34. The standard InChI is InChI=1S/C20H27NO5/c1-21-12-11-14(13-21)17(18(22)23)26-19(24)20(25,16-9-5-6-10-16)15-7-3-2-4-8-15/h2-4,7-8,14,16-17,25H,5-6,9-13H2,1H3,(H,22,23). The van der Waals surface area contributed by atoms with E-state index in [0.717, 1.165) is 32.2 Å². The largest absolute Gasteiger partial charge is 0.478 e. The molecular weight excluding hydrogens is 334 g/mol. The summed E-state index contributed by atoms with van der Waals surface area (Å²) in [4.78, 5) is 26.8. The fraction of sp³-hybridized carbons (Fsp3) is 0.600. The lowest BCUT2D eigenvalue weighted by Gasteiger charge is -2.34. The summed E-state index contributed by atoms with van der Waals surface area (Å²) in [7, 11) is 1.92. The van der Waals surface area contributed by atoms with Crippen LogP contribution in [0.25, 0.3) is 0 Å². The molecule has 1 aromatic rings. The van der Waals surface area contributed by atoms with Gasteiger partial charge in [-0.25, -0.2) is 9.59 Å². The van der Waals surface area contributed by atoms with Crippen molar-refractivity contribution in [2.45, 2.75) is 43.8 Å². The van der Waals surface area contributed by atoms with Crippen molar-refractivity contribution in [3.63, 3.8) is 0 Å². The van der Waals surface area contributed by atoms with E-state index in [-0.39, 0.29) is 11.8 Å². The summed E-state index contributed by atoms with van der Waals surface area (Å²) >= 11 is 0. The van der Waals surface area contributed by atoms with Crippen molar-refractivity contribution in [3.8, 4) is 0 Å². The number of likely N-dealkylation sites (tertiary alicyclic amines) is 1. The third-order valence-corrected chi connectivity index (χ3v) is 5.80. The summed E-state index contributed by atoms with van der Waals surface area (Å²) < 4.78 is 5.46. The molecule has 6 nitrogen and oxygen atoms in total. The maximum Gasteiger partial charge on any atom is 0.345 e. The van der Waals surface area contributed by atoms with Crippen LogP contribution in [0.4, 0.5) is 0 Å². The molecule has 142 valence electrons. The Morgan fingerprint density at radius 1 is 1.19 bits per heavy atom. The second kappa shape index (κ2) is 7.76. The zero-order valence-corrected chi connectivity index (χ0v) is 15.1. The van der Waals surface area contributed by atoms with Gasteiger partial charge in [-0.05, 0) is 38.4 Å². The Bertz CT molecular complexity index is 643. The van der Waals surface area contributed by atoms with E-state index < -0.39 is 23.6 Å². The van der Waals surface area contributed by atoms with Gasteiger partial charge in [-0.15, -0.1) is 0 Å². The molecular formula is C20H27NO5. The molecule has 1 aliphatic carbocycles. The van der Waals surface area contributed by atoms with Crippen LogP contribution in [-0.2, 0) is 19.9 Å². The first-order valence-corrected chi connectivity index (χ1v) is 9.33. The fourth-order valence-corrected chi connectivity index (χ4v) is 4.33. The Labute approximate surface area is 153 Å². The lowest BCUT2D eigenvalue weighted by Crippen LogP contribution is -2.47. The molecule has 0 radical (unpaired) electrons. The normalized spacial score (nSPS) is 24.9. The molecule has 3 rings (SSSR count). The highest BCUT2D eigenvalue weighted by atomic mass is 16.6. The third kappa shape index (κ3) is 3.62. The number of esters is 1. The summed E-state index contributed by atoms with van der Waals surface area (Å²) in [5.74, 6) is -2.50. The zero-order valence-electron chi connectivity index (χ0n) is 15.1. The predicted molar refractivity (Wildman–Crippen MR) is 95.4 cm³/mol. The average Bonchev–Trinajstić information content (AvgIpc) is 3.31. The highest BCUT2D eigenvalue weighted by molar-refractivity contribution is 5.85. The van der Waals surface area contributed by atoms with Crippen molar-refractivity contribution in [2.75, 3.05) is 20.1 Å². The van der Waals surface area contributed by atoms with E-state index >= 15 is 0 Å². The van der Waals surface area contributed by atoms with Gasteiger partial charge in [-0.3, -0.25) is 0 Å². The quantitative estimate of drug-likeness (QED) is 0.754. The van der Waals surface area contributed by atoms with E-state index in [4.69, 9.17) is 4.74 Å². The molecule has 1 saturated heterocycles. The molecule has 1 aromatic carbocycles. The SMILES string of the molecule is CN1CCC(C(OC(=O)C(O)(c2ccccc2)C2CCCC2)C(=O)O)C1. The van der Waals surface area contributed by atoms with Crippen LogP contribution in [0.3, 0.4) is 0 Å². The maximum absolute atomic E-state index is 13.1. The van der Waals surface area contributed by atoms with E-state index in [1.54, 1.807) is 24.3 Å². The van der Waals surface area contributed by atoms with Crippen molar-refractivity contribution >= 4 is 11.9 Å². The summed E-state index contributed by atoms with van der Waals surface area (Å²) in [6.07, 6.45) is 2.78. The molecule has 26 heavy (non-hydrogen) atoms. The molecule has 0 aromatic heterocycles.